The van der Waals surface area contributed by atoms with E-state index in [1.165, 1.54) is 65.9 Å². The van der Waals surface area contributed by atoms with Gasteiger partial charge >= 0.3 is 0 Å². The van der Waals surface area contributed by atoms with E-state index in [2.05, 4.69) is 158 Å². The van der Waals surface area contributed by atoms with Gasteiger partial charge in [0.05, 0.1) is 0 Å². The zero-order valence-corrected chi connectivity index (χ0v) is 23.4. The minimum atomic E-state index is 0.900. The van der Waals surface area contributed by atoms with Crippen LogP contribution < -0.4 is 4.74 Å². The maximum atomic E-state index is 6.65. The van der Waals surface area contributed by atoms with Gasteiger partial charge in [0.25, 0.3) is 0 Å². The van der Waals surface area contributed by atoms with Gasteiger partial charge in [-0.15, -0.1) is 0 Å². The molecule has 0 atom stereocenters. The molecule has 0 aromatic heterocycles. The van der Waals surface area contributed by atoms with Crippen molar-refractivity contribution in [2.75, 3.05) is 0 Å². The average molecular weight is 547 g/mol. The van der Waals surface area contributed by atoms with Gasteiger partial charge < -0.3 is 4.74 Å². The third-order valence-corrected chi connectivity index (χ3v) is 8.87. The summed E-state index contributed by atoms with van der Waals surface area (Å²) < 4.78 is 6.65. The Kier molecular flexibility index (Phi) is 5.27. The molecule has 9 rings (SSSR count). The first-order chi connectivity index (χ1) is 21.4. The summed E-state index contributed by atoms with van der Waals surface area (Å²) in [6, 6.07) is 56.6. The Bertz CT molecular complexity index is 2290. The second-order valence-electron chi connectivity index (χ2n) is 11.2. The normalized spacial score (nSPS) is 11.9. The molecule has 0 unspecified atom stereocenters. The van der Waals surface area contributed by atoms with Gasteiger partial charge in [-0.3, -0.25) is 0 Å². The molecule has 0 N–H and O–H groups in total. The zero-order valence-electron chi connectivity index (χ0n) is 23.4. The molecule has 1 heteroatoms. The number of rotatable bonds is 3. The summed E-state index contributed by atoms with van der Waals surface area (Å²) >= 11 is 0. The Morgan fingerprint density at radius 2 is 0.791 bits per heavy atom. The standard InChI is InChI=1S/C42H26O/c1-3-13-27(14-4-1)29-21-11-23-37-41(29)36-26-25-35(34-22-12-24-38(43-37)42(34)36)40-32-19-9-7-17-30(32)39(28-15-5-2-6-16-28)31-18-8-10-20-33(31)40/h1-26H. The van der Waals surface area contributed by atoms with Crippen molar-refractivity contribution >= 4 is 32.3 Å². The third-order valence-electron chi connectivity index (χ3n) is 8.87. The van der Waals surface area contributed by atoms with Gasteiger partial charge in [-0.2, -0.15) is 0 Å². The lowest BCUT2D eigenvalue weighted by molar-refractivity contribution is 0.487. The van der Waals surface area contributed by atoms with Crippen LogP contribution in [0.3, 0.4) is 0 Å². The maximum Gasteiger partial charge on any atom is 0.135 e. The molecule has 1 aliphatic rings. The second kappa shape index (κ2) is 9.44. The molecule has 8 aromatic rings. The topological polar surface area (TPSA) is 9.23 Å². The molecular weight excluding hydrogens is 520 g/mol. The van der Waals surface area contributed by atoms with Gasteiger partial charge in [-0.05, 0) is 78.0 Å². The van der Waals surface area contributed by atoms with Crippen molar-refractivity contribution in [3.63, 3.8) is 0 Å². The van der Waals surface area contributed by atoms with Crippen molar-refractivity contribution < 1.29 is 4.74 Å². The number of ether oxygens (including phenoxy) is 1. The number of benzene rings is 8. The summed E-state index contributed by atoms with van der Waals surface area (Å²) in [5, 5.41) is 7.39. The van der Waals surface area contributed by atoms with E-state index in [-0.39, 0.29) is 0 Å². The van der Waals surface area contributed by atoms with Crippen LogP contribution in [-0.4, -0.2) is 0 Å². The molecule has 1 heterocycles. The van der Waals surface area contributed by atoms with E-state index in [0.29, 0.717) is 0 Å². The van der Waals surface area contributed by atoms with Crippen LogP contribution in [0.4, 0.5) is 0 Å². The van der Waals surface area contributed by atoms with Crippen molar-refractivity contribution in [3.05, 3.63) is 158 Å². The predicted molar refractivity (Wildman–Crippen MR) is 181 cm³/mol. The molecular formula is C42H26O. The predicted octanol–water partition coefficient (Wildman–Crippen LogP) is 11.9. The van der Waals surface area contributed by atoms with E-state index < -0.39 is 0 Å². The van der Waals surface area contributed by atoms with Crippen LogP contribution in [0.25, 0.3) is 76.8 Å². The molecule has 1 aliphatic heterocycles. The van der Waals surface area contributed by atoms with Crippen molar-refractivity contribution in [1.82, 2.24) is 0 Å². The molecule has 0 amide bonds. The molecule has 0 saturated heterocycles. The minimum Gasteiger partial charge on any atom is -0.456 e. The van der Waals surface area contributed by atoms with Gasteiger partial charge in [0.2, 0.25) is 0 Å². The van der Waals surface area contributed by atoms with Gasteiger partial charge in [0.1, 0.15) is 11.5 Å². The van der Waals surface area contributed by atoms with Crippen LogP contribution >= 0.6 is 0 Å². The summed E-state index contributed by atoms with van der Waals surface area (Å²) in [4.78, 5) is 0. The Balaban J connectivity index is 1.39. The number of hydrogen-bond acceptors (Lipinski definition) is 1. The number of hydrogen-bond donors (Lipinski definition) is 0. The van der Waals surface area contributed by atoms with E-state index in [1.54, 1.807) is 0 Å². The molecule has 0 spiro atoms. The summed E-state index contributed by atoms with van der Waals surface area (Å²) in [6.45, 7) is 0. The molecule has 1 nitrogen and oxygen atoms in total. The molecule has 200 valence electrons. The monoisotopic (exact) mass is 546 g/mol. The zero-order chi connectivity index (χ0) is 28.3. The molecule has 0 saturated carbocycles. The molecule has 0 radical (unpaired) electrons. The lowest BCUT2D eigenvalue weighted by atomic mass is 9.82. The first kappa shape index (κ1) is 24.0. The SMILES string of the molecule is c1ccc(-c2cccc3c2-c2ccc(-c4c5ccccc5c(-c5ccccc5)c5ccccc45)c4cccc(c24)O3)cc1. The van der Waals surface area contributed by atoms with Crippen molar-refractivity contribution in [3.8, 4) is 56.0 Å². The Hall–Kier alpha value is -5.66. The first-order valence-electron chi connectivity index (χ1n) is 14.8. The van der Waals surface area contributed by atoms with Crippen LogP contribution in [0.15, 0.2) is 158 Å². The Morgan fingerprint density at radius 3 is 1.47 bits per heavy atom. The Labute approximate surface area is 250 Å². The summed E-state index contributed by atoms with van der Waals surface area (Å²) in [5.41, 5.74) is 9.73. The molecule has 0 bridgehead atoms. The summed E-state index contributed by atoms with van der Waals surface area (Å²) in [7, 11) is 0. The average Bonchev–Trinajstić information content (AvgIpc) is 3.08. The van der Waals surface area contributed by atoms with Crippen LogP contribution in [-0.2, 0) is 0 Å². The van der Waals surface area contributed by atoms with Gasteiger partial charge in [-0.1, -0.05) is 146 Å². The third kappa shape index (κ3) is 3.58. The lowest BCUT2D eigenvalue weighted by Crippen LogP contribution is -2.00. The van der Waals surface area contributed by atoms with Crippen LogP contribution in [0.1, 0.15) is 0 Å². The van der Waals surface area contributed by atoms with Gasteiger partial charge in [0.15, 0.2) is 0 Å². The van der Waals surface area contributed by atoms with Crippen LogP contribution in [0.5, 0.6) is 11.5 Å². The van der Waals surface area contributed by atoms with Crippen LogP contribution in [0, 0.1) is 0 Å². The van der Waals surface area contributed by atoms with E-state index >= 15 is 0 Å². The maximum absolute atomic E-state index is 6.65. The first-order valence-corrected chi connectivity index (χ1v) is 14.8. The highest BCUT2D eigenvalue weighted by Gasteiger charge is 2.26. The van der Waals surface area contributed by atoms with E-state index in [0.717, 1.165) is 22.4 Å². The van der Waals surface area contributed by atoms with Crippen molar-refractivity contribution in [1.29, 1.82) is 0 Å². The summed E-state index contributed by atoms with van der Waals surface area (Å²) in [5.74, 6) is 1.80. The Morgan fingerprint density at radius 1 is 0.279 bits per heavy atom. The molecule has 0 aliphatic carbocycles. The largest absolute Gasteiger partial charge is 0.456 e. The fourth-order valence-electron chi connectivity index (χ4n) is 7.09. The fourth-order valence-corrected chi connectivity index (χ4v) is 7.09. The number of fused-ring (bicyclic) bond motifs is 4. The van der Waals surface area contributed by atoms with Gasteiger partial charge in [0, 0.05) is 10.9 Å². The fraction of sp³-hybridized carbons (Fsp3) is 0. The van der Waals surface area contributed by atoms with Crippen molar-refractivity contribution in [2.45, 2.75) is 0 Å². The molecule has 43 heavy (non-hydrogen) atoms. The quantitative estimate of drug-likeness (QED) is 0.200. The van der Waals surface area contributed by atoms with Crippen LogP contribution in [0.2, 0.25) is 0 Å². The summed E-state index contributed by atoms with van der Waals surface area (Å²) in [6.07, 6.45) is 0. The van der Waals surface area contributed by atoms with Gasteiger partial charge in [-0.25, -0.2) is 0 Å². The molecule has 0 fully saturated rings. The smallest absolute Gasteiger partial charge is 0.135 e. The molecule has 8 aromatic carbocycles. The van der Waals surface area contributed by atoms with E-state index in [9.17, 15) is 0 Å². The second-order valence-corrected chi connectivity index (χ2v) is 11.2. The lowest BCUT2D eigenvalue weighted by Gasteiger charge is -2.25. The van der Waals surface area contributed by atoms with E-state index in [1.807, 2.05) is 0 Å². The highest BCUT2D eigenvalue weighted by atomic mass is 16.5. The van der Waals surface area contributed by atoms with Crippen molar-refractivity contribution in [2.24, 2.45) is 0 Å². The highest BCUT2D eigenvalue weighted by molar-refractivity contribution is 6.25. The van der Waals surface area contributed by atoms with E-state index in [4.69, 9.17) is 4.74 Å². The highest BCUT2D eigenvalue weighted by Crippen LogP contribution is 2.53. The minimum absolute atomic E-state index is 0.900.